The van der Waals surface area contributed by atoms with Gasteiger partial charge in [0.25, 0.3) is 0 Å². The van der Waals surface area contributed by atoms with Gasteiger partial charge in [-0.15, -0.1) is 10.2 Å². The van der Waals surface area contributed by atoms with Crippen LogP contribution in [0.4, 0.5) is 0 Å². The number of piperazine rings is 1. The molecule has 3 heterocycles. The molecule has 0 radical (unpaired) electrons. The topological polar surface area (TPSA) is 71.9 Å². The van der Waals surface area contributed by atoms with Crippen molar-refractivity contribution in [1.29, 1.82) is 0 Å². The Labute approximate surface area is 171 Å². The molecule has 2 aromatic heterocycles. The van der Waals surface area contributed by atoms with E-state index in [4.69, 9.17) is 10.5 Å². The smallest absolute Gasteiger partial charge is 0.161 e. The van der Waals surface area contributed by atoms with Gasteiger partial charge in [-0.25, -0.2) is 0 Å². The second-order valence-corrected chi connectivity index (χ2v) is 8.21. The van der Waals surface area contributed by atoms with E-state index >= 15 is 0 Å². The van der Waals surface area contributed by atoms with Crippen molar-refractivity contribution in [3.8, 4) is 5.75 Å². The number of benzene rings is 1. The van der Waals surface area contributed by atoms with Crippen LogP contribution in [0.2, 0.25) is 0 Å². The van der Waals surface area contributed by atoms with Crippen LogP contribution >= 0.6 is 0 Å². The fourth-order valence-corrected chi connectivity index (χ4v) is 4.37. The maximum absolute atomic E-state index is 6.41. The van der Waals surface area contributed by atoms with Gasteiger partial charge in [0.2, 0.25) is 0 Å². The van der Waals surface area contributed by atoms with Crippen molar-refractivity contribution in [2.75, 3.05) is 33.2 Å². The van der Waals surface area contributed by atoms with E-state index in [-0.39, 0.29) is 12.1 Å². The minimum atomic E-state index is 0.0287. The average Bonchev–Trinajstić information content (AvgIpc) is 3.14. The summed E-state index contributed by atoms with van der Waals surface area (Å²) in [4.78, 5) is 4.79. The molecule has 2 atom stereocenters. The fraction of sp³-hybridized carbons (Fsp3) is 0.455. The first-order valence-corrected chi connectivity index (χ1v) is 10.4. The number of rotatable bonds is 4. The summed E-state index contributed by atoms with van der Waals surface area (Å²) < 4.78 is 8.48. The molecular formula is C22H28N6O. The van der Waals surface area contributed by atoms with Crippen LogP contribution in [0, 0.1) is 0 Å². The summed E-state index contributed by atoms with van der Waals surface area (Å²) in [7, 11) is 2.17. The van der Waals surface area contributed by atoms with Gasteiger partial charge in [-0.1, -0.05) is 24.3 Å². The third-order valence-corrected chi connectivity index (χ3v) is 6.17. The van der Waals surface area contributed by atoms with Crippen molar-refractivity contribution in [3.05, 3.63) is 59.5 Å². The zero-order valence-electron chi connectivity index (χ0n) is 16.9. The Morgan fingerprint density at radius 3 is 2.62 bits per heavy atom. The molecule has 1 saturated heterocycles. The summed E-state index contributed by atoms with van der Waals surface area (Å²) in [5.41, 5.74) is 9.55. The summed E-state index contributed by atoms with van der Waals surface area (Å²) in [5, 5.41) is 8.76. The lowest BCUT2D eigenvalue weighted by Crippen LogP contribution is -2.44. The van der Waals surface area contributed by atoms with E-state index in [0.29, 0.717) is 0 Å². The second-order valence-electron chi connectivity index (χ2n) is 8.21. The molecule has 7 nitrogen and oxygen atoms in total. The highest BCUT2D eigenvalue weighted by molar-refractivity contribution is 5.42. The largest absolute Gasteiger partial charge is 0.484 e. The number of ether oxygens (including phenoxy) is 1. The molecule has 1 fully saturated rings. The Bertz CT molecular complexity index is 994. The van der Waals surface area contributed by atoms with Crippen molar-refractivity contribution in [2.24, 2.45) is 5.73 Å². The van der Waals surface area contributed by atoms with Crippen molar-refractivity contribution < 1.29 is 4.74 Å². The van der Waals surface area contributed by atoms with Crippen molar-refractivity contribution in [3.63, 3.8) is 0 Å². The Kier molecular flexibility index (Phi) is 4.95. The molecule has 1 aromatic carbocycles. The quantitative estimate of drug-likeness (QED) is 0.735. The molecule has 0 spiro atoms. The van der Waals surface area contributed by atoms with Gasteiger partial charge in [-0.2, -0.15) is 0 Å². The molecule has 1 aliphatic heterocycles. The van der Waals surface area contributed by atoms with Crippen molar-refractivity contribution in [1.82, 2.24) is 24.4 Å². The van der Waals surface area contributed by atoms with Gasteiger partial charge < -0.3 is 15.4 Å². The molecule has 0 saturated carbocycles. The predicted molar refractivity (Wildman–Crippen MR) is 112 cm³/mol. The van der Waals surface area contributed by atoms with Crippen LogP contribution in [0.25, 0.3) is 5.65 Å². The van der Waals surface area contributed by atoms with Gasteiger partial charge >= 0.3 is 0 Å². The van der Waals surface area contributed by atoms with Crippen LogP contribution in [-0.4, -0.2) is 57.6 Å². The summed E-state index contributed by atoms with van der Waals surface area (Å²) in [6.07, 6.45) is 3.91. The molecule has 0 unspecified atom stereocenters. The lowest BCUT2D eigenvalue weighted by Gasteiger charge is -2.31. The van der Waals surface area contributed by atoms with Gasteiger partial charge in [-0.05, 0) is 43.1 Å². The van der Waals surface area contributed by atoms with Crippen molar-refractivity contribution in [2.45, 2.75) is 31.5 Å². The van der Waals surface area contributed by atoms with Crippen LogP contribution in [0.5, 0.6) is 5.75 Å². The van der Waals surface area contributed by atoms with E-state index in [9.17, 15) is 0 Å². The fourth-order valence-electron chi connectivity index (χ4n) is 4.37. The van der Waals surface area contributed by atoms with E-state index in [1.807, 2.05) is 18.3 Å². The van der Waals surface area contributed by atoms with Gasteiger partial charge in [0.05, 0.1) is 12.7 Å². The molecule has 0 amide bonds. The third-order valence-electron chi connectivity index (χ3n) is 6.17. The van der Waals surface area contributed by atoms with Crippen LogP contribution in [0.15, 0.2) is 42.6 Å². The minimum Gasteiger partial charge on any atom is -0.484 e. The Hall–Kier alpha value is -2.48. The van der Waals surface area contributed by atoms with E-state index in [1.54, 1.807) is 0 Å². The first-order valence-electron chi connectivity index (χ1n) is 10.4. The molecule has 152 valence electrons. The molecule has 1 aliphatic carbocycles. The van der Waals surface area contributed by atoms with E-state index in [2.05, 4.69) is 55.7 Å². The van der Waals surface area contributed by atoms with Crippen LogP contribution < -0.4 is 10.5 Å². The number of nitrogens with two attached hydrogens (primary N) is 1. The zero-order chi connectivity index (χ0) is 19.8. The maximum Gasteiger partial charge on any atom is 0.161 e. The molecule has 5 rings (SSSR count). The Morgan fingerprint density at radius 1 is 1.00 bits per heavy atom. The summed E-state index contributed by atoms with van der Waals surface area (Å²) >= 11 is 0. The highest BCUT2D eigenvalue weighted by Crippen LogP contribution is 2.37. The van der Waals surface area contributed by atoms with Gasteiger partial charge in [0.15, 0.2) is 11.5 Å². The zero-order valence-corrected chi connectivity index (χ0v) is 16.9. The number of fused-ring (bicyclic) bond motifs is 2. The highest BCUT2D eigenvalue weighted by atomic mass is 16.5. The lowest BCUT2D eigenvalue weighted by atomic mass is 9.86. The second kappa shape index (κ2) is 7.74. The minimum absolute atomic E-state index is 0.0287. The first kappa shape index (κ1) is 18.5. The Morgan fingerprint density at radius 2 is 1.79 bits per heavy atom. The molecule has 7 heteroatoms. The van der Waals surface area contributed by atoms with Crippen LogP contribution in [0.1, 0.15) is 41.9 Å². The van der Waals surface area contributed by atoms with E-state index in [0.717, 1.165) is 62.8 Å². The Balaban J connectivity index is 1.37. The predicted octanol–water partition coefficient (Wildman–Crippen LogP) is 2.39. The third kappa shape index (κ3) is 3.73. The first-order chi connectivity index (χ1) is 14.2. The monoisotopic (exact) mass is 392 g/mol. The standard InChI is InChI=1S/C22H28N6O/c1-26-10-12-27(13-11-26)15-22-25-24-21-9-6-16(14-28(21)22)29-20-8-7-19(23)17-4-2-3-5-18(17)20/h2-6,9,14,19-20H,7-8,10-13,15,23H2,1H3/t19-,20+/m0/s1. The number of likely N-dealkylation sites (N-methyl/N-ethyl adjacent to an activating group) is 1. The molecule has 3 aromatic rings. The lowest BCUT2D eigenvalue weighted by molar-refractivity contribution is 0.145. The molecule has 2 N–H and O–H groups in total. The number of hydrogen-bond donors (Lipinski definition) is 1. The van der Waals surface area contributed by atoms with Gasteiger partial charge in [-0.3, -0.25) is 9.30 Å². The molecule has 2 aliphatic rings. The number of aromatic nitrogens is 3. The summed E-state index contributed by atoms with van der Waals surface area (Å²) in [5.74, 6) is 1.80. The summed E-state index contributed by atoms with van der Waals surface area (Å²) in [6.45, 7) is 5.10. The van der Waals surface area contributed by atoms with Crippen LogP contribution in [-0.2, 0) is 6.54 Å². The molecular weight excluding hydrogens is 364 g/mol. The van der Waals surface area contributed by atoms with E-state index in [1.165, 1.54) is 11.1 Å². The van der Waals surface area contributed by atoms with Gasteiger partial charge in [0.1, 0.15) is 11.9 Å². The molecule has 0 bridgehead atoms. The molecule has 29 heavy (non-hydrogen) atoms. The SMILES string of the molecule is CN1CCN(Cc2nnc3ccc(O[C@@H]4CC[C@H](N)c5ccccc54)cn23)CC1. The van der Waals surface area contributed by atoms with Gasteiger partial charge in [0, 0.05) is 32.2 Å². The van der Waals surface area contributed by atoms with Crippen molar-refractivity contribution >= 4 is 5.65 Å². The highest BCUT2D eigenvalue weighted by Gasteiger charge is 2.26. The van der Waals surface area contributed by atoms with Crippen LogP contribution in [0.3, 0.4) is 0 Å². The maximum atomic E-state index is 6.41. The number of hydrogen-bond acceptors (Lipinski definition) is 6. The average molecular weight is 393 g/mol. The summed E-state index contributed by atoms with van der Waals surface area (Å²) in [6, 6.07) is 12.4. The van der Waals surface area contributed by atoms with E-state index < -0.39 is 0 Å². The number of nitrogens with zero attached hydrogens (tertiary/aromatic N) is 5. The number of pyridine rings is 1. The normalized spacial score (nSPS) is 23.2.